The van der Waals surface area contributed by atoms with Gasteiger partial charge in [-0.25, -0.2) is 4.79 Å². The van der Waals surface area contributed by atoms with Crippen LogP contribution in [0.1, 0.15) is 13.8 Å². The zero-order valence-corrected chi connectivity index (χ0v) is 9.61. The number of allylic oxidation sites excluding steroid dienone is 1. The molecule has 0 radical (unpaired) electrons. The number of carbonyl (C=O) groups is 1. The van der Waals surface area contributed by atoms with Gasteiger partial charge in [0.2, 0.25) is 0 Å². The van der Waals surface area contributed by atoms with E-state index in [-0.39, 0.29) is 18.5 Å². The van der Waals surface area contributed by atoms with Crippen molar-refractivity contribution < 1.29 is 23.9 Å². The van der Waals surface area contributed by atoms with Gasteiger partial charge in [0.05, 0.1) is 12.8 Å². The molecule has 0 aliphatic carbocycles. The van der Waals surface area contributed by atoms with E-state index in [9.17, 15) is 9.36 Å². The minimum absolute atomic E-state index is 0.127. The molecule has 0 saturated carbocycles. The van der Waals surface area contributed by atoms with Crippen LogP contribution in [0.25, 0.3) is 0 Å². The Bertz CT molecular complexity index is 295. The van der Waals surface area contributed by atoms with Gasteiger partial charge in [0.1, 0.15) is 5.70 Å². The summed E-state index contributed by atoms with van der Waals surface area (Å²) >= 11 is 0. The Kier molecular flexibility index (Phi) is 5.57. The quantitative estimate of drug-likeness (QED) is 0.358. The maximum Gasteiger partial charge on any atom is 0.353 e. The molecule has 0 bridgehead atoms. The van der Waals surface area contributed by atoms with E-state index < -0.39 is 19.5 Å². The molecule has 1 atom stereocenters. The molecule has 88 valence electrons. The van der Waals surface area contributed by atoms with Crippen LogP contribution in [0.2, 0.25) is 0 Å². The first-order valence-electron chi connectivity index (χ1n) is 4.45. The second-order valence-corrected chi connectivity index (χ2v) is 4.86. The highest BCUT2D eigenvalue weighted by Gasteiger charge is 2.18. The van der Waals surface area contributed by atoms with Gasteiger partial charge in [0.25, 0.3) is 0 Å². The molecule has 6 nitrogen and oxygen atoms in total. The molecule has 0 amide bonds. The van der Waals surface area contributed by atoms with Crippen molar-refractivity contribution >= 4 is 13.6 Å². The van der Waals surface area contributed by atoms with E-state index in [4.69, 9.17) is 15.5 Å². The Morgan fingerprint density at radius 1 is 1.60 bits per heavy atom. The molecule has 0 aliphatic heterocycles. The van der Waals surface area contributed by atoms with Crippen molar-refractivity contribution in [3.05, 3.63) is 11.8 Å². The van der Waals surface area contributed by atoms with E-state index in [1.807, 2.05) is 0 Å². The molecule has 0 aromatic rings. The summed E-state index contributed by atoms with van der Waals surface area (Å²) in [5.74, 6) is -1.15. The van der Waals surface area contributed by atoms with Crippen molar-refractivity contribution in [2.24, 2.45) is 11.7 Å². The first-order chi connectivity index (χ1) is 6.76. The summed E-state index contributed by atoms with van der Waals surface area (Å²) in [7, 11) is -4.08. The highest BCUT2D eigenvalue weighted by atomic mass is 31.2. The molecule has 0 spiro atoms. The average Bonchev–Trinajstić information content (AvgIpc) is 2.00. The zero-order chi connectivity index (χ0) is 12.1. The molecular formula is C8H16NO5P. The van der Waals surface area contributed by atoms with Crippen LogP contribution in [-0.2, 0) is 14.1 Å². The number of hydrogen-bond acceptors (Lipinski definition) is 4. The molecule has 15 heavy (non-hydrogen) atoms. The molecule has 0 saturated heterocycles. The lowest BCUT2D eigenvalue weighted by Gasteiger charge is -2.09. The Balaban J connectivity index is 4.35. The summed E-state index contributed by atoms with van der Waals surface area (Å²) < 4.78 is 15.2. The Morgan fingerprint density at radius 2 is 2.13 bits per heavy atom. The monoisotopic (exact) mass is 237 g/mol. The van der Waals surface area contributed by atoms with Crippen LogP contribution in [0.15, 0.2) is 11.8 Å². The summed E-state index contributed by atoms with van der Waals surface area (Å²) in [6.45, 7) is 3.41. The Hall–Kier alpha value is -0.840. The SMILES string of the molecule is CCOC(=O)C(N)=CC(C)CP(=O)(O)O. The van der Waals surface area contributed by atoms with Crippen molar-refractivity contribution in [3.63, 3.8) is 0 Å². The summed E-state index contributed by atoms with van der Waals surface area (Å²) in [6.07, 6.45) is 0.949. The van der Waals surface area contributed by atoms with Gasteiger partial charge < -0.3 is 20.3 Å². The smallest absolute Gasteiger partial charge is 0.353 e. The third-order valence-electron chi connectivity index (χ3n) is 1.50. The zero-order valence-electron chi connectivity index (χ0n) is 8.71. The molecular weight excluding hydrogens is 221 g/mol. The van der Waals surface area contributed by atoms with Crippen molar-refractivity contribution in [1.29, 1.82) is 0 Å². The summed E-state index contributed by atoms with van der Waals surface area (Å²) in [4.78, 5) is 28.4. The van der Waals surface area contributed by atoms with Gasteiger partial charge in [-0.3, -0.25) is 4.57 Å². The fourth-order valence-corrected chi connectivity index (χ4v) is 1.87. The summed E-state index contributed by atoms with van der Waals surface area (Å²) in [5, 5.41) is 0. The highest BCUT2D eigenvalue weighted by Crippen LogP contribution is 2.37. The van der Waals surface area contributed by atoms with E-state index in [0.717, 1.165) is 0 Å². The topological polar surface area (TPSA) is 110 Å². The van der Waals surface area contributed by atoms with Crippen molar-refractivity contribution in [2.75, 3.05) is 12.8 Å². The highest BCUT2D eigenvalue weighted by molar-refractivity contribution is 7.51. The second-order valence-electron chi connectivity index (χ2n) is 3.17. The van der Waals surface area contributed by atoms with Gasteiger partial charge in [-0.15, -0.1) is 0 Å². The van der Waals surface area contributed by atoms with E-state index >= 15 is 0 Å². The first-order valence-corrected chi connectivity index (χ1v) is 6.25. The number of rotatable bonds is 5. The third kappa shape index (κ3) is 7.13. The minimum Gasteiger partial charge on any atom is -0.461 e. The third-order valence-corrected chi connectivity index (χ3v) is 2.55. The van der Waals surface area contributed by atoms with Crippen LogP contribution in [0, 0.1) is 5.92 Å². The maximum atomic E-state index is 11.0. The maximum absolute atomic E-state index is 11.0. The van der Waals surface area contributed by atoms with Crippen LogP contribution >= 0.6 is 7.60 Å². The molecule has 0 fully saturated rings. The van der Waals surface area contributed by atoms with Gasteiger partial charge in [0, 0.05) is 0 Å². The molecule has 7 heteroatoms. The first kappa shape index (κ1) is 14.2. The number of esters is 1. The molecule has 0 aromatic carbocycles. The van der Waals surface area contributed by atoms with E-state index in [2.05, 4.69) is 4.74 Å². The fourth-order valence-electron chi connectivity index (χ4n) is 1.02. The van der Waals surface area contributed by atoms with Crippen LogP contribution in [-0.4, -0.2) is 28.5 Å². The lowest BCUT2D eigenvalue weighted by Crippen LogP contribution is -2.16. The van der Waals surface area contributed by atoms with Crippen LogP contribution < -0.4 is 5.73 Å². The standard InChI is InChI=1S/C8H16NO5P/c1-3-14-8(10)7(9)4-6(2)5-15(11,12)13/h4,6H,3,5,9H2,1-2H3,(H2,11,12,13). The Labute approximate surface area is 88.3 Å². The van der Waals surface area contributed by atoms with Crippen molar-refractivity contribution in [2.45, 2.75) is 13.8 Å². The number of carbonyl (C=O) groups excluding carboxylic acids is 1. The van der Waals surface area contributed by atoms with E-state index in [1.165, 1.54) is 6.08 Å². The van der Waals surface area contributed by atoms with Crippen molar-refractivity contribution in [1.82, 2.24) is 0 Å². The normalized spacial score (nSPS) is 14.8. The Morgan fingerprint density at radius 3 is 2.53 bits per heavy atom. The average molecular weight is 237 g/mol. The minimum atomic E-state index is -4.08. The molecule has 4 N–H and O–H groups in total. The van der Waals surface area contributed by atoms with E-state index in [1.54, 1.807) is 13.8 Å². The second kappa shape index (κ2) is 5.90. The molecule has 1 unspecified atom stereocenters. The number of ether oxygens (including phenoxy) is 1. The summed E-state index contributed by atoms with van der Waals surface area (Å²) in [6, 6.07) is 0. The predicted octanol–water partition coefficient (Wildman–Crippen LogP) is 0.206. The fraction of sp³-hybridized carbons (Fsp3) is 0.625. The van der Waals surface area contributed by atoms with E-state index in [0.29, 0.717) is 0 Å². The van der Waals surface area contributed by atoms with Gasteiger partial charge in [-0.1, -0.05) is 13.0 Å². The molecule has 0 aliphatic rings. The lowest BCUT2D eigenvalue weighted by atomic mass is 10.2. The molecule has 0 aromatic heterocycles. The van der Waals surface area contributed by atoms with Crippen molar-refractivity contribution in [3.8, 4) is 0 Å². The van der Waals surface area contributed by atoms with Gasteiger partial charge in [-0.05, 0) is 12.8 Å². The molecule has 0 heterocycles. The van der Waals surface area contributed by atoms with Gasteiger partial charge >= 0.3 is 13.6 Å². The number of hydrogen-bond donors (Lipinski definition) is 3. The summed E-state index contributed by atoms with van der Waals surface area (Å²) in [5.41, 5.74) is 5.23. The largest absolute Gasteiger partial charge is 0.461 e. The van der Waals surface area contributed by atoms with Crippen LogP contribution in [0.3, 0.4) is 0 Å². The molecule has 0 rings (SSSR count). The van der Waals surface area contributed by atoms with Crippen LogP contribution in [0.5, 0.6) is 0 Å². The number of nitrogens with two attached hydrogens (primary N) is 1. The predicted molar refractivity (Wildman–Crippen MR) is 55.0 cm³/mol. The van der Waals surface area contributed by atoms with Gasteiger partial charge in [0.15, 0.2) is 0 Å². The van der Waals surface area contributed by atoms with Crippen LogP contribution in [0.4, 0.5) is 0 Å². The lowest BCUT2D eigenvalue weighted by molar-refractivity contribution is -0.138. The van der Waals surface area contributed by atoms with Gasteiger partial charge in [-0.2, -0.15) is 0 Å².